The maximum Gasteiger partial charge on any atom is 0.160 e. The number of ketones is 1. The van der Waals surface area contributed by atoms with E-state index in [-0.39, 0.29) is 18.0 Å². The molecule has 1 heterocycles. The molecule has 0 atom stereocenters. The molecule has 6 heteroatoms. The van der Waals surface area contributed by atoms with Gasteiger partial charge in [0.25, 0.3) is 0 Å². The van der Waals surface area contributed by atoms with Gasteiger partial charge in [0.15, 0.2) is 5.78 Å². The Morgan fingerprint density at radius 1 is 1.19 bits per heavy atom. The lowest BCUT2D eigenvalue weighted by Crippen LogP contribution is -2.08. The summed E-state index contributed by atoms with van der Waals surface area (Å²) in [7, 11) is 0. The van der Waals surface area contributed by atoms with Gasteiger partial charge in [0, 0.05) is 23.9 Å². The van der Waals surface area contributed by atoms with Crippen LogP contribution in [-0.4, -0.2) is 22.2 Å². The van der Waals surface area contributed by atoms with Crippen LogP contribution in [0, 0.1) is 5.82 Å². The molecule has 0 amide bonds. The van der Waals surface area contributed by atoms with Crippen LogP contribution in [-0.2, 0) is 17.8 Å². The standard InChI is InChI=1S/C21H20FN3O2/c22-18-6-9-20(10-7-18)27-12-11-25-15-16(14-24-25)5-8-19(26)13-17-3-1-2-4-21(17)23/h1-10,14-15H,11-13,23H2/b8-5+. The molecule has 0 saturated carbocycles. The van der Waals surface area contributed by atoms with Crippen LogP contribution >= 0.6 is 0 Å². The predicted molar refractivity (Wildman–Crippen MR) is 103 cm³/mol. The van der Waals surface area contributed by atoms with Crippen molar-refractivity contribution in [2.45, 2.75) is 13.0 Å². The Balaban J connectivity index is 1.48. The number of allylic oxidation sites excluding steroid dienone is 1. The second kappa shape index (κ2) is 8.80. The number of rotatable bonds is 8. The third kappa shape index (κ3) is 5.54. The Kier molecular flexibility index (Phi) is 5.99. The number of anilines is 1. The highest BCUT2D eigenvalue weighted by molar-refractivity contribution is 5.95. The van der Waals surface area contributed by atoms with Gasteiger partial charge in [0.1, 0.15) is 18.2 Å². The fraction of sp³-hybridized carbons (Fsp3) is 0.143. The molecular formula is C21H20FN3O2. The summed E-state index contributed by atoms with van der Waals surface area (Å²) in [6.07, 6.45) is 7.03. The van der Waals surface area contributed by atoms with Crippen molar-refractivity contribution in [2.24, 2.45) is 0 Å². The molecule has 0 aliphatic heterocycles. The van der Waals surface area contributed by atoms with Crippen molar-refractivity contribution in [3.05, 3.63) is 83.9 Å². The number of hydrogen-bond acceptors (Lipinski definition) is 4. The first kappa shape index (κ1) is 18.4. The maximum atomic E-state index is 12.8. The van der Waals surface area contributed by atoms with E-state index >= 15 is 0 Å². The maximum absolute atomic E-state index is 12.8. The zero-order valence-electron chi connectivity index (χ0n) is 14.7. The Labute approximate surface area is 156 Å². The molecule has 0 fully saturated rings. The highest BCUT2D eigenvalue weighted by Crippen LogP contribution is 2.13. The van der Waals surface area contributed by atoms with Crippen LogP contribution in [0.3, 0.4) is 0 Å². The van der Waals surface area contributed by atoms with Crippen molar-refractivity contribution in [1.29, 1.82) is 0 Å². The molecule has 0 saturated heterocycles. The molecule has 138 valence electrons. The highest BCUT2D eigenvalue weighted by atomic mass is 19.1. The quantitative estimate of drug-likeness (QED) is 0.490. The summed E-state index contributed by atoms with van der Waals surface area (Å²) in [4.78, 5) is 12.1. The Morgan fingerprint density at radius 2 is 1.96 bits per heavy atom. The molecule has 0 unspecified atom stereocenters. The predicted octanol–water partition coefficient (Wildman–Crippen LogP) is 3.51. The van der Waals surface area contributed by atoms with E-state index in [0.717, 1.165) is 11.1 Å². The summed E-state index contributed by atoms with van der Waals surface area (Å²) in [6, 6.07) is 13.2. The van der Waals surface area contributed by atoms with Crippen LogP contribution in [0.1, 0.15) is 11.1 Å². The third-order valence-electron chi connectivity index (χ3n) is 3.94. The molecule has 2 aromatic carbocycles. The summed E-state index contributed by atoms with van der Waals surface area (Å²) in [6.45, 7) is 0.947. The van der Waals surface area contributed by atoms with E-state index in [1.165, 1.54) is 18.2 Å². The van der Waals surface area contributed by atoms with Crippen LogP contribution in [0.5, 0.6) is 5.75 Å². The number of nitrogens with two attached hydrogens (primary N) is 1. The number of nitrogens with zero attached hydrogens (tertiary/aromatic N) is 2. The topological polar surface area (TPSA) is 70.1 Å². The minimum absolute atomic E-state index is 0.0275. The SMILES string of the molecule is Nc1ccccc1CC(=O)/C=C/c1cnn(CCOc2ccc(F)cc2)c1. The Hall–Kier alpha value is -3.41. The molecule has 2 N–H and O–H groups in total. The first-order valence-electron chi connectivity index (χ1n) is 8.55. The van der Waals surface area contributed by atoms with E-state index in [2.05, 4.69) is 5.10 Å². The van der Waals surface area contributed by atoms with E-state index in [0.29, 0.717) is 24.6 Å². The monoisotopic (exact) mass is 365 g/mol. The van der Waals surface area contributed by atoms with Crippen LogP contribution in [0.25, 0.3) is 6.08 Å². The summed E-state index contributed by atoms with van der Waals surface area (Å²) >= 11 is 0. The van der Waals surface area contributed by atoms with E-state index in [9.17, 15) is 9.18 Å². The van der Waals surface area contributed by atoms with Gasteiger partial charge in [-0.1, -0.05) is 18.2 Å². The fourth-order valence-corrected chi connectivity index (χ4v) is 2.51. The van der Waals surface area contributed by atoms with Gasteiger partial charge in [0.05, 0.1) is 12.7 Å². The third-order valence-corrected chi connectivity index (χ3v) is 3.94. The average molecular weight is 365 g/mol. The van der Waals surface area contributed by atoms with Gasteiger partial charge in [-0.2, -0.15) is 5.10 Å². The lowest BCUT2D eigenvalue weighted by molar-refractivity contribution is -0.113. The van der Waals surface area contributed by atoms with E-state index in [4.69, 9.17) is 10.5 Å². The van der Waals surface area contributed by atoms with Crippen molar-refractivity contribution in [1.82, 2.24) is 9.78 Å². The first-order chi connectivity index (χ1) is 13.1. The van der Waals surface area contributed by atoms with Gasteiger partial charge in [0.2, 0.25) is 0 Å². The van der Waals surface area contributed by atoms with Crippen molar-refractivity contribution in [3.8, 4) is 5.75 Å². The molecule has 0 aliphatic rings. The van der Waals surface area contributed by atoms with Crippen LogP contribution in [0.4, 0.5) is 10.1 Å². The number of halogens is 1. The van der Waals surface area contributed by atoms with Crippen LogP contribution < -0.4 is 10.5 Å². The number of benzene rings is 2. The van der Waals surface area contributed by atoms with Gasteiger partial charge in [-0.3, -0.25) is 9.48 Å². The number of aromatic nitrogens is 2. The molecule has 5 nitrogen and oxygen atoms in total. The number of para-hydroxylation sites is 1. The van der Waals surface area contributed by atoms with Crippen LogP contribution in [0.2, 0.25) is 0 Å². The summed E-state index contributed by atoms with van der Waals surface area (Å²) < 4.78 is 20.1. The van der Waals surface area contributed by atoms with Gasteiger partial charge in [-0.05, 0) is 48.0 Å². The average Bonchev–Trinajstić information content (AvgIpc) is 3.11. The molecule has 0 aliphatic carbocycles. The van der Waals surface area contributed by atoms with Gasteiger partial charge >= 0.3 is 0 Å². The van der Waals surface area contributed by atoms with E-state index in [1.807, 2.05) is 24.4 Å². The van der Waals surface area contributed by atoms with E-state index in [1.54, 1.807) is 35.2 Å². The minimum Gasteiger partial charge on any atom is -0.492 e. The van der Waals surface area contributed by atoms with Crippen molar-refractivity contribution in [3.63, 3.8) is 0 Å². The molecular weight excluding hydrogens is 345 g/mol. The first-order valence-corrected chi connectivity index (χ1v) is 8.55. The normalized spacial score (nSPS) is 11.0. The Morgan fingerprint density at radius 3 is 2.74 bits per heavy atom. The van der Waals surface area contributed by atoms with Crippen molar-refractivity contribution >= 4 is 17.5 Å². The zero-order valence-corrected chi connectivity index (χ0v) is 14.7. The van der Waals surface area contributed by atoms with Crippen molar-refractivity contribution < 1.29 is 13.9 Å². The second-order valence-electron chi connectivity index (χ2n) is 6.01. The number of hydrogen-bond donors (Lipinski definition) is 1. The number of carbonyl (C=O) groups excluding carboxylic acids is 1. The molecule has 3 aromatic rings. The molecule has 0 spiro atoms. The molecule has 0 radical (unpaired) electrons. The number of ether oxygens (including phenoxy) is 1. The molecule has 27 heavy (non-hydrogen) atoms. The highest BCUT2D eigenvalue weighted by Gasteiger charge is 2.04. The molecule has 0 bridgehead atoms. The van der Waals surface area contributed by atoms with E-state index < -0.39 is 0 Å². The molecule has 1 aromatic heterocycles. The smallest absolute Gasteiger partial charge is 0.160 e. The van der Waals surface area contributed by atoms with Crippen LogP contribution in [0.15, 0.2) is 67.0 Å². The fourth-order valence-electron chi connectivity index (χ4n) is 2.51. The number of nitrogen functional groups attached to an aromatic ring is 1. The number of carbonyl (C=O) groups is 1. The summed E-state index contributed by atoms with van der Waals surface area (Å²) in [5.41, 5.74) is 8.12. The summed E-state index contributed by atoms with van der Waals surface area (Å²) in [5.74, 6) is 0.283. The lowest BCUT2D eigenvalue weighted by atomic mass is 10.1. The van der Waals surface area contributed by atoms with Crippen molar-refractivity contribution in [2.75, 3.05) is 12.3 Å². The van der Waals surface area contributed by atoms with Gasteiger partial charge in [-0.15, -0.1) is 0 Å². The van der Waals surface area contributed by atoms with Gasteiger partial charge in [-0.25, -0.2) is 4.39 Å². The van der Waals surface area contributed by atoms with Gasteiger partial charge < -0.3 is 10.5 Å². The zero-order chi connectivity index (χ0) is 19.1. The largest absolute Gasteiger partial charge is 0.492 e. The molecule has 3 rings (SSSR count). The lowest BCUT2D eigenvalue weighted by Gasteiger charge is -2.05. The summed E-state index contributed by atoms with van der Waals surface area (Å²) in [5, 5.41) is 4.23. The Bertz CT molecular complexity index is 933. The minimum atomic E-state index is -0.296. The second-order valence-corrected chi connectivity index (χ2v) is 6.01.